The highest BCUT2D eigenvalue weighted by atomic mass is 15.1. The van der Waals surface area contributed by atoms with Crippen molar-refractivity contribution in [3.05, 3.63) is 109 Å². The smallest absolute Gasteiger partial charge is 0.141 e. The van der Waals surface area contributed by atoms with Crippen LogP contribution in [0, 0.1) is 5.92 Å². The molecule has 0 radical (unpaired) electrons. The van der Waals surface area contributed by atoms with Gasteiger partial charge in [-0.05, 0) is 36.1 Å². The minimum absolute atomic E-state index is 0.466. The van der Waals surface area contributed by atoms with Crippen LogP contribution in [0.1, 0.15) is 20.8 Å². The van der Waals surface area contributed by atoms with Crippen LogP contribution in [0.25, 0.3) is 45.0 Å². The predicted octanol–water partition coefficient (Wildman–Crippen LogP) is 8.64. The molecule has 0 fully saturated rings. The predicted molar refractivity (Wildman–Crippen MR) is 153 cm³/mol. The van der Waals surface area contributed by atoms with E-state index in [0.717, 1.165) is 41.4 Å². The van der Waals surface area contributed by atoms with Crippen LogP contribution in [0.2, 0.25) is 0 Å². The Bertz CT molecular complexity index is 1430. The molecular weight excluding hydrogens is 438 g/mol. The Hall–Kier alpha value is -4.11. The second-order valence-electron chi connectivity index (χ2n) is 9.53. The van der Waals surface area contributed by atoms with Crippen molar-refractivity contribution in [1.29, 1.82) is 0 Å². The third kappa shape index (κ3) is 4.83. The zero-order chi connectivity index (χ0) is 24.9. The lowest BCUT2D eigenvalue weighted by Crippen LogP contribution is -2.08. The van der Waals surface area contributed by atoms with E-state index in [1.54, 1.807) is 0 Å². The summed E-state index contributed by atoms with van der Waals surface area (Å²) < 4.78 is 2.43. The van der Waals surface area contributed by atoms with Crippen LogP contribution in [-0.2, 0) is 6.54 Å². The molecule has 3 nitrogen and oxygen atoms in total. The topological polar surface area (TPSA) is 29.9 Å². The van der Waals surface area contributed by atoms with Gasteiger partial charge in [-0.3, -0.25) is 0 Å². The van der Waals surface area contributed by atoms with E-state index >= 15 is 0 Å². The van der Waals surface area contributed by atoms with E-state index in [1.807, 2.05) is 0 Å². The first-order valence-electron chi connectivity index (χ1n) is 12.8. The minimum Gasteiger partial charge on any atom is -0.385 e. The molecule has 1 N–H and O–H groups in total. The lowest BCUT2D eigenvalue weighted by Gasteiger charge is -2.17. The van der Waals surface area contributed by atoms with Crippen LogP contribution in [-0.4, -0.2) is 16.1 Å². The van der Waals surface area contributed by atoms with Crippen molar-refractivity contribution in [1.82, 2.24) is 9.55 Å². The lowest BCUT2D eigenvalue weighted by molar-refractivity contribution is 0.530. The van der Waals surface area contributed by atoms with Crippen LogP contribution in [0.15, 0.2) is 109 Å². The summed E-state index contributed by atoms with van der Waals surface area (Å²) in [7, 11) is 0. The Morgan fingerprint density at radius 3 is 1.97 bits per heavy atom. The van der Waals surface area contributed by atoms with Gasteiger partial charge in [0.15, 0.2) is 0 Å². The van der Waals surface area contributed by atoms with E-state index in [1.165, 1.54) is 22.4 Å². The van der Waals surface area contributed by atoms with E-state index in [9.17, 15) is 0 Å². The van der Waals surface area contributed by atoms with E-state index in [0.29, 0.717) is 5.92 Å². The first-order chi connectivity index (χ1) is 17.7. The minimum atomic E-state index is 0.466. The molecule has 4 aromatic carbocycles. The van der Waals surface area contributed by atoms with E-state index < -0.39 is 0 Å². The molecule has 0 bridgehead atoms. The summed E-state index contributed by atoms with van der Waals surface area (Å²) in [5.41, 5.74) is 9.15. The van der Waals surface area contributed by atoms with Gasteiger partial charge >= 0.3 is 0 Å². The molecular formula is C33H33N3. The van der Waals surface area contributed by atoms with Gasteiger partial charge in [0.2, 0.25) is 0 Å². The van der Waals surface area contributed by atoms with E-state index in [2.05, 4.69) is 140 Å². The molecule has 0 aliphatic carbocycles. The fourth-order valence-corrected chi connectivity index (χ4v) is 4.82. The Morgan fingerprint density at radius 2 is 1.31 bits per heavy atom. The summed E-state index contributed by atoms with van der Waals surface area (Å²) in [6.45, 7) is 8.44. The van der Waals surface area contributed by atoms with Gasteiger partial charge in [-0.15, -0.1) is 0 Å². The van der Waals surface area contributed by atoms with E-state index in [-0.39, 0.29) is 0 Å². The molecule has 3 heteroatoms. The van der Waals surface area contributed by atoms with Crippen molar-refractivity contribution in [3.63, 3.8) is 0 Å². The van der Waals surface area contributed by atoms with Crippen molar-refractivity contribution in [3.8, 4) is 45.0 Å². The average molecular weight is 472 g/mol. The number of nitrogens with one attached hydrogen (secondary N) is 1. The zero-order valence-corrected chi connectivity index (χ0v) is 21.3. The SMILES string of the molecule is CCNc1cccc(-c2ccccc2-c2nc(-c3ccccc3)c(-c3ccccc3)n2CC(C)C)c1. The number of nitrogens with zero attached hydrogens (tertiary/aromatic N) is 2. The van der Waals surface area contributed by atoms with Crippen LogP contribution in [0.4, 0.5) is 5.69 Å². The van der Waals surface area contributed by atoms with Gasteiger partial charge < -0.3 is 9.88 Å². The molecule has 0 atom stereocenters. The van der Waals surface area contributed by atoms with Crippen molar-refractivity contribution in [2.45, 2.75) is 27.3 Å². The fourth-order valence-electron chi connectivity index (χ4n) is 4.82. The van der Waals surface area contributed by atoms with Crippen molar-refractivity contribution < 1.29 is 0 Å². The van der Waals surface area contributed by atoms with Crippen molar-refractivity contribution >= 4 is 5.69 Å². The molecule has 180 valence electrons. The summed E-state index contributed by atoms with van der Waals surface area (Å²) in [6, 6.07) is 38.5. The van der Waals surface area contributed by atoms with Crippen molar-refractivity contribution in [2.75, 3.05) is 11.9 Å². The second-order valence-corrected chi connectivity index (χ2v) is 9.53. The van der Waals surface area contributed by atoms with E-state index in [4.69, 9.17) is 4.98 Å². The molecule has 1 heterocycles. The molecule has 0 aliphatic heterocycles. The Kier molecular flexibility index (Phi) is 6.99. The lowest BCUT2D eigenvalue weighted by atomic mass is 9.98. The number of hydrogen-bond donors (Lipinski definition) is 1. The van der Waals surface area contributed by atoms with Gasteiger partial charge in [-0.1, -0.05) is 111 Å². The molecule has 5 rings (SSSR count). The highest BCUT2D eigenvalue weighted by Gasteiger charge is 2.23. The third-order valence-electron chi connectivity index (χ3n) is 6.33. The maximum Gasteiger partial charge on any atom is 0.141 e. The summed E-state index contributed by atoms with van der Waals surface area (Å²) in [4.78, 5) is 5.37. The van der Waals surface area contributed by atoms with Gasteiger partial charge in [0.25, 0.3) is 0 Å². The number of rotatable bonds is 8. The highest BCUT2D eigenvalue weighted by Crippen LogP contribution is 2.40. The molecule has 0 spiro atoms. The summed E-state index contributed by atoms with van der Waals surface area (Å²) >= 11 is 0. The molecule has 0 amide bonds. The first kappa shape index (κ1) is 23.6. The standard InChI is InChI=1S/C33H33N3/c1-4-34-28-19-13-18-27(22-28)29-20-11-12-21-30(29)33-35-31(25-14-7-5-8-15-25)32(36(33)23-24(2)3)26-16-9-6-10-17-26/h5-22,24,34H,4,23H2,1-3H3. The quantitative estimate of drug-likeness (QED) is 0.245. The van der Waals surface area contributed by atoms with Gasteiger partial charge in [0.05, 0.1) is 11.4 Å². The molecule has 1 aromatic heterocycles. The number of benzene rings is 4. The van der Waals surface area contributed by atoms with Crippen LogP contribution in [0.3, 0.4) is 0 Å². The first-order valence-corrected chi connectivity index (χ1v) is 12.8. The maximum absolute atomic E-state index is 5.37. The second kappa shape index (κ2) is 10.7. The zero-order valence-electron chi connectivity index (χ0n) is 21.3. The highest BCUT2D eigenvalue weighted by molar-refractivity contribution is 5.87. The molecule has 36 heavy (non-hydrogen) atoms. The molecule has 0 saturated carbocycles. The van der Waals surface area contributed by atoms with Gasteiger partial charge in [0, 0.05) is 35.5 Å². The van der Waals surface area contributed by atoms with Gasteiger partial charge in [-0.2, -0.15) is 0 Å². The summed E-state index contributed by atoms with van der Waals surface area (Å²) in [5.74, 6) is 1.47. The average Bonchev–Trinajstić information content (AvgIpc) is 3.28. The molecule has 0 unspecified atom stereocenters. The summed E-state index contributed by atoms with van der Waals surface area (Å²) in [6.07, 6.45) is 0. The molecule has 0 saturated heterocycles. The largest absolute Gasteiger partial charge is 0.385 e. The number of hydrogen-bond acceptors (Lipinski definition) is 2. The summed E-state index contributed by atoms with van der Waals surface area (Å²) in [5, 5.41) is 3.45. The maximum atomic E-state index is 5.37. The number of aromatic nitrogens is 2. The molecule has 0 aliphatic rings. The van der Waals surface area contributed by atoms with Gasteiger partial charge in [0.1, 0.15) is 5.82 Å². The van der Waals surface area contributed by atoms with Gasteiger partial charge in [-0.25, -0.2) is 4.98 Å². The number of imidazole rings is 1. The normalized spacial score (nSPS) is 11.1. The fraction of sp³-hybridized carbons (Fsp3) is 0.182. The van der Waals surface area contributed by atoms with Crippen molar-refractivity contribution in [2.24, 2.45) is 5.92 Å². The Balaban J connectivity index is 1.78. The third-order valence-corrected chi connectivity index (χ3v) is 6.33. The Labute approximate surface area is 214 Å². The number of anilines is 1. The van der Waals surface area contributed by atoms with Crippen LogP contribution >= 0.6 is 0 Å². The monoisotopic (exact) mass is 471 g/mol. The van der Waals surface area contributed by atoms with Crippen LogP contribution in [0.5, 0.6) is 0 Å². The Morgan fingerprint density at radius 1 is 0.694 bits per heavy atom. The molecule has 5 aromatic rings. The van der Waals surface area contributed by atoms with Crippen LogP contribution < -0.4 is 5.32 Å².